The molecule has 1 atom stereocenters. The molecule has 2 aromatic heterocycles. The van der Waals surface area contributed by atoms with Crippen LogP contribution in [-0.4, -0.2) is 39.3 Å². The van der Waals surface area contributed by atoms with Gasteiger partial charge >= 0.3 is 6.09 Å². The second-order valence-corrected chi connectivity index (χ2v) is 7.23. The van der Waals surface area contributed by atoms with Gasteiger partial charge in [-0.25, -0.2) is 9.78 Å². The van der Waals surface area contributed by atoms with E-state index in [1.165, 1.54) is 0 Å². The van der Waals surface area contributed by atoms with Crippen LogP contribution in [0.5, 0.6) is 5.75 Å². The molecule has 1 aliphatic heterocycles. The topological polar surface area (TPSA) is 56.6 Å². The van der Waals surface area contributed by atoms with Gasteiger partial charge < -0.3 is 18.9 Å². The third-order valence-electron chi connectivity index (χ3n) is 3.97. The Morgan fingerprint density at radius 2 is 2.12 bits per heavy atom. The lowest BCUT2D eigenvalue weighted by Gasteiger charge is -2.34. The van der Waals surface area contributed by atoms with Gasteiger partial charge in [0.2, 0.25) is 0 Å². The average Bonchev–Trinajstić information content (AvgIpc) is 2.83. The first-order valence-electron chi connectivity index (χ1n) is 8.39. The van der Waals surface area contributed by atoms with Crippen molar-refractivity contribution < 1.29 is 14.3 Å². The molecule has 0 saturated carbocycles. The number of hydrogen-bond donors (Lipinski definition) is 0. The fourth-order valence-electron chi connectivity index (χ4n) is 3.13. The van der Waals surface area contributed by atoms with Gasteiger partial charge in [0, 0.05) is 17.6 Å². The Labute approximate surface area is 142 Å². The number of amides is 1. The van der Waals surface area contributed by atoms with E-state index in [1.807, 2.05) is 33.8 Å². The van der Waals surface area contributed by atoms with Crippen LogP contribution in [0, 0.1) is 0 Å². The van der Waals surface area contributed by atoms with E-state index < -0.39 is 5.60 Å². The molecule has 3 heterocycles. The SMILES string of the molecule is CCOc1cnc2c(c1)cc1n2[C@H](C)CN(C(=O)OC(C)(C)C)C1. The normalized spacial score (nSPS) is 17.7. The van der Waals surface area contributed by atoms with Gasteiger partial charge in [-0.15, -0.1) is 0 Å². The van der Waals surface area contributed by atoms with E-state index in [4.69, 9.17) is 9.47 Å². The molecule has 24 heavy (non-hydrogen) atoms. The number of aromatic nitrogens is 2. The molecule has 0 N–H and O–H groups in total. The molecule has 0 spiro atoms. The van der Waals surface area contributed by atoms with Gasteiger partial charge in [-0.2, -0.15) is 0 Å². The largest absolute Gasteiger partial charge is 0.492 e. The Morgan fingerprint density at radius 3 is 2.79 bits per heavy atom. The van der Waals surface area contributed by atoms with E-state index in [1.54, 1.807) is 11.1 Å². The molecule has 0 radical (unpaired) electrons. The lowest BCUT2D eigenvalue weighted by molar-refractivity contribution is 0.0175. The summed E-state index contributed by atoms with van der Waals surface area (Å²) in [5, 5.41) is 1.04. The number of hydrogen-bond acceptors (Lipinski definition) is 4. The fourth-order valence-corrected chi connectivity index (χ4v) is 3.13. The van der Waals surface area contributed by atoms with Crippen molar-refractivity contribution in [2.24, 2.45) is 0 Å². The van der Waals surface area contributed by atoms with Crippen LogP contribution in [0.15, 0.2) is 18.3 Å². The first kappa shape index (κ1) is 16.6. The van der Waals surface area contributed by atoms with Gasteiger partial charge in [0.15, 0.2) is 0 Å². The van der Waals surface area contributed by atoms with Crippen LogP contribution >= 0.6 is 0 Å². The van der Waals surface area contributed by atoms with Gasteiger partial charge in [0.25, 0.3) is 0 Å². The summed E-state index contributed by atoms with van der Waals surface area (Å²) in [7, 11) is 0. The van der Waals surface area contributed by atoms with Gasteiger partial charge in [-0.3, -0.25) is 0 Å². The highest BCUT2D eigenvalue weighted by molar-refractivity contribution is 5.79. The van der Waals surface area contributed by atoms with E-state index >= 15 is 0 Å². The van der Waals surface area contributed by atoms with Crippen LogP contribution in [0.4, 0.5) is 4.79 Å². The minimum absolute atomic E-state index is 0.143. The molecule has 0 unspecified atom stereocenters. The van der Waals surface area contributed by atoms with Crippen molar-refractivity contribution in [3.8, 4) is 5.75 Å². The van der Waals surface area contributed by atoms with Crippen LogP contribution in [0.1, 0.15) is 46.4 Å². The highest BCUT2D eigenvalue weighted by atomic mass is 16.6. The van der Waals surface area contributed by atoms with Crippen molar-refractivity contribution in [3.63, 3.8) is 0 Å². The number of pyridine rings is 1. The summed E-state index contributed by atoms with van der Waals surface area (Å²) < 4.78 is 13.2. The standard InChI is InChI=1S/C18H25N3O3/c1-6-23-15-8-13-7-14-11-20(17(22)24-18(3,4)5)10-12(2)21(14)16(13)19-9-15/h7-9,12H,6,10-11H2,1-5H3/t12-/m1/s1. The highest BCUT2D eigenvalue weighted by Gasteiger charge is 2.30. The van der Waals surface area contributed by atoms with Crippen LogP contribution in [0.3, 0.4) is 0 Å². The smallest absolute Gasteiger partial charge is 0.410 e. The van der Waals surface area contributed by atoms with Crippen LogP contribution in [0.25, 0.3) is 11.0 Å². The zero-order valence-electron chi connectivity index (χ0n) is 15.0. The molecule has 130 valence electrons. The monoisotopic (exact) mass is 331 g/mol. The molecule has 3 rings (SSSR count). The molecule has 1 aliphatic rings. The molecule has 1 amide bonds. The van der Waals surface area contributed by atoms with Crippen LogP contribution < -0.4 is 4.74 Å². The quantitative estimate of drug-likeness (QED) is 0.841. The first-order chi connectivity index (χ1) is 11.3. The molecule has 6 nitrogen and oxygen atoms in total. The van der Waals surface area contributed by atoms with Crippen LogP contribution in [-0.2, 0) is 11.3 Å². The minimum atomic E-state index is -0.488. The van der Waals surface area contributed by atoms with Crippen molar-refractivity contribution in [1.29, 1.82) is 0 Å². The number of carbonyl (C=O) groups excluding carboxylic acids is 1. The third kappa shape index (κ3) is 3.18. The average molecular weight is 331 g/mol. The zero-order chi connectivity index (χ0) is 17.5. The lowest BCUT2D eigenvalue weighted by Crippen LogP contribution is -2.42. The summed E-state index contributed by atoms with van der Waals surface area (Å²) in [6.45, 7) is 11.5. The maximum atomic E-state index is 12.4. The Bertz CT molecular complexity index is 761. The summed E-state index contributed by atoms with van der Waals surface area (Å²) in [6.07, 6.45) is 1.49. The predicted octanol–water partition coefficient (Wildman–Crippen LogP) is 3.75. The van der Waals surface area contributed by atoms with Gasteiger partial charge in [0.1, 0.15) is 17.0 Å². The van der Waals surface area contributed by atoms with Crippen molar-refractivity contribution in [1.82, 2.24) is 14.5 Å². The van der Waals surface area contributed by atoms with Crippen molar-refractivity contribution in [2.45, 2.75) is 52.8 Å². The maximum Gasteiger partial charge on any atom is 0.410 e. The number of carbonyl (C=O) groups is 1. The Kier molecular flexibility index (Phi) is 4.15. The molecule has 2 aromatic rings. The second kappa shape index (κ2) is 6.00. The van der Waals surface area contributed by atoms with E-state index in [-0.39, 0.29) is 12.1 Å². The van der Waals surface area contributed by atoms with E-state index in [0.29, 0.717) is 19.7 Å². The summed E-state index contributed by atoms with van der Waals surface area (Å²) in [6, 6.07) is 4.23. The van der Waals surface area contributed by atoms with Gasteiger partial charge in [-0.1, -0.05) is 0 Å². The molecular weight excluding hydrogens is 306 g/mol. The maximum absolute atomic E-state index is 12.4. The molecular formula is C18H25N3O3. The predicted molar refractivity (Wildman–Crippen MR) is 92.3 cm³/mol. The Hall–Kier alpha value is -2.24. The molecule has 0 saturated heterocycles. The summed E-state index contributed by atoms with van der Waals surface area (Å²) >= 11 is 0. The number of rotatable bonds is 2. The van der Waals surface area contributed by atoms with Crippen LogP contribution in [0.2, 0.25) is 0 Å². The molecule has 0 aliphatic carbocycles. The Balaban J connectivity index is 1.90. The van der Waals surface area contributed by atoms with Gasteiger partial charge in [-0.05, 0) is 46.8 Å². The number of ether oxygens (including phenoxy) is 2. The summed E-state index contributed by atoms with van der Waals surface area (Å²) in [4.78, 5) is 18.7. The summed E-state index contributed by atoms with van der Waals surface area (Å²) in [5.74, 6) is 0.768. The number of fused-ring (bicyclic) bond motifs is 3. The first-order valence-corrected chi connectivity index (χ1v) is 8.39. The zero-order valence-corrected chi connectivity index (χ0v) is 15.0. The van der Waals surface area contributed by atoms with Crippen molar-refractivity contribution >= 4 is 17.1 Å². The lowest BCUT2D eigenvalue weighted by atomic mass is 10.2. The van der Waals surface area contributed by atoms with Crippen molar-refractivity contribution in [3.05, 3.63) is 24.0 Å². The van der Waals surface area contributed by atoms with E-state index in [2.05, 4.69) is 22.5 Å². The van der Waals surface area contributed by atoms with Gasteiger partial charge in [0.05, 0.1) is 25.4 Å². The second-order valence-electron chi connectivity index (χ2n) is 7.23. The summed E-state index contributed by atoms with van der Waals surface area (Å²) in [5.41, 5.74) is 1.51. The molecule has 0 aromatic carbocycles. The number of nitrogens with zero attached hydrogens (tertiary/aromatic N) is 3. The van der Waals surface area contributed by atoms with E-state index in [0.717, 1.165) is 22.5 Å². The highest BCUT2D eigenvalue weighted by Crippen LogP contribution is 2.30. The minimum Gasteiger partial charge on any atom is -0.492 e. The molecule has 6 heteroatoms. The Morgan fingerprint density at radius 1 is 1.38 bits per heavy atom. The molecule has 0 fully saturated rings. The van der Waals surface area contributed by atoms with E-state index in [9.17, 15) is 4.79 Å². The molecule has 0 bridgehead atoms. The third-order valence-corrected chi connectivity index (χ3v) is 3.97. The van der Waals surface area contributed by atoms with Crippen molar-refractivity contribution in [2.75, 3.05) is 13.2 Å². The fraction of sp³-hybridized carbons (Fsp3) is 0.556.